The lowest BCUT2D eigenvalue weighted by atomic mass is 10.3. The molecule has 0 unspecified atom stereocenters. The van der Waals surface area contributed by atoms with Crippen LogP contribution in [0.1, 0.15) is 39.5 Å². The summed E-state index contributed by atoms with van der Waals surface area (Å²) in [6.07, 6.45) is 4.86. The highest BCUT2D eigenvalue weighted by molar-refractivity contribution is 6.01. The van der Waals surface area contributed by atoms with Gasteiger partial charge in [0.25, 0.3) is 11.8 Å². The Morgan fingerprint density at radius 1 is 1.24 bits per heavy atom. The lowest BCUT2D eigenvalue weighted by Gasteiger charge is -2.18. The Balaban J connectivity index is 4.12. The van der Waals surface area contributed by atoms with Crippen LogP contribution in [0.5, 0.6) is 0 Å². The van der Waals surface area contributed by atoms with Crippen molar-refractivity contribution in [1.29, 1.82) is 0 Å². The third-order valence-corrected chi connectivity index (χ3v) is 2.34. The summed E-state index contributed by atoms with van der Waals surface area (Å²) in [5, 5.41) is 0. The van der Waals surface area contributed by atoms with Crippen LogP contribution >= 0.6 is 0 Å². The predicted molar refractivity (Wildman–Crippen MR) is 67.6 cm³/mol. The van der Waals surface area contributed by atoms with Crippen molar-refractivity contribution in [2.24, 2.45) is 0 Å². The highest BCUT2D eigenvalue weighted by Gasteiger charge is 2.18. The molecule has 0 spiro atoms. The van der Waals surface area contributed by atoms with Crippen LogP contribution in [0.15, 0.2) is 12.7 Å². The molecule has 0 atom stereocenters. The number of unbranched alkanes of at least 4 members (excludes halogenated alkanes) is 2. The van der Waals surface area contributed by atoms with E-state index in [-0.39, 0.29) is 18.4 Å². The van der Waals surface area contributed by atoms with E-state index in [4.69, 9.17) is 4.74 Å². The van der Waals surface area contributed by atoms with Gasteiger partial charge >= 0.3 is 0 Å². The van der Waals surface area contributed by atoms with Gasteiger partial charge in [0.15, 0.2) is 0 Å². The average molecular weight is 241 g/mol. The minimum atomic E-state index is -0.345. The predicted octanol–water partition coefficient (Wildman–Crippen LogP) is 2.14. The van der Waals surface area contributed by atoms with Gasteiger partial charge in [0, 0.05) is 13.2 Å². The van der Waals surface area contributed by atoms with Crippen molar-refractivity contribution < 1.29 is 14.3 Å². The highest BCUT2D eigenvalue weighted by Crippen LogP contribution is 1.99. The monoisotopic (exact) mass is 241 g/mol. The topological polar surface area (TPSA) is 46.6 Å². The molecule has 4 heteroatoms. The van der Waals surface area contributed by atoms with Crippen molar-refractivity contribution in [3.63, 3.8) is 0 Å². The van der Waals surface area contributed by atoms with Crippen LogP contribution in [0.25, 0.3) is 0 Å². The van der Waals surface area contributed by atoms with E-state index in [9.17, 15) is 9.59 Å². The summed E-state index contributed by atoms with van der Waals surface area (Å²) in [4.78, 5) is 24.4. The number of nitrogens with zero attached hydrogens (tertiary/aromatic N) is 1. The molecule has 0 saturated heterocycles. The largest absolute Gasteiger partial charge is 0.372 e. The molecule has 4 nitrogen and oxygen atoms in total. The Labute approximate surface area is 104 Å². The van der Waals surface area contributed by atoms with E-state index in [1.807, 2.05) is 6.92 Å². The minimum absolute atomic E-state index is 0.0245. The number of amides is 2. The maximum atomic E-state index is 11.7. The molecule has 0 radical (unpaired) electrons. The second kappa shape index (κ2) is 10.0. The van der Waals surface area contributed by atoms with Gasteiger partial charge in [-0.15, -0.1) is 0 Å². The molecule has 0 aromatic heterocycles. The van der Waals surface area contributed by atoms with E-state index >= 15 is 0 Å². The first-order valence-electron chi connectivity index (χ1n) is 6.21. The average Bonchev–Trinajstić information content (AvgIpc) is 2.34. The first-order valence-corrected chi connectivity index (χ1v) is 6.21. The number of imide groups is 1. The van der Waals surface area contributed by atoms with E-state index in [2.05, 4.69) is 13.5 Å². The zero-order chi connectivity index (χ0) is 13.1. The number of rotatable bonds is 9. The number of ether oxygens (including phenoxy) is 1. The highest BCUT2D eigenvalue weighted by atomic mass is 16.5. The van der Waals surface area contributed by atoms with E-state index < -0.39 is 0 Å². The zero-order valence-electron chi connectivity index (χ0n) is 10.9. The van der Waals surface area contributed by atoms with Crippen LogP contribution in [0, 0.1) is 0 Å². The summed E-state index contributed by atoms with van der Waals surface area (Å²) in [5.74, 6) is -0.623. The quantitative estimate of drug-likeness (QED) is 0.459. The first-order chi connectivity index (χ1) is 8.17. The van der Waals surface area contributed by atoms with E-state index in [0.29, 0.717) is 13.2 Å². The zero-order valence-corrected chi connectivity index (χ0v) is 10.9. The molecule has 0 bridgehead atoms. The van der Waals surface area contributed by atoms with Gasteiger partial charge in [0.1, 0.15) is 6.61 Å². The Hall–Kier alpha value is -1.16. The number of hydrogen-bond acceptors (Lipinski definition) is 3. The summed E-state index contributed by atoms with van der Waals surface area (Å²) >= 11 is 0. The van der Waals surface area contributed by atoms with Gasteiger partial charge in [-0.3, -0.25) is 14.5 Å². The molecule has 0 aromatic carbocycles. The normalized spacial score (nSPS) is 10.0. The third kappa shape index (κ3) is 6.89. The molecule has 0 aliphatic rings. The minimum Gasteiger partial charge on any atom is -0.372 e. The maximum Gasteiger partial charge on any atom is 0.255 e. The Bertz CT molecular complexity index is 251. The van der Waals surface area contributed by atoms with Crippen LogP contribution in [0.3, 0.4) is 0 Å². The van der Waals surface area contributed by atoms with Crippen molar-refractivity contribution in [2.45, 2.75) is 39.5 Å². The van der Waals surface area contributed by atoms with Gasteiger partial charge in [-0.05, 0) is 18.9 Å². The molecule has 0 aliphatic carbocycles. The second-order valence-electron chi connectivity index (χ2n) is 3.85. The van der Waals surface area contributed by atoms with E-state index in [1.165, 1.54) is 11.0 Å². The lowest BCUT2D eigenvalue weighted by molar-refractivity contribution is -0.145. The van der Waals surface area contributed by atoms with Gasteiger partial charge in [-0.1, -0.05) is 33.3 Å². The molecule has 0 rings (SSSR count). The fourth-order valence-corrected chi connectivity index (χ4v) is 1.27. The molecule has 98 valence electrons. The van der Waals surface area contributed by atoms with Crippen molar-refractivity contribution in [3.05, 3.63) is 12.7 Å². The lowest BCUT2D eigenvalue weighted by Crippen LogP contribution is -2.39. The van der Waals surface area contributed by atoms with Crippen molar-refractivity contribution in [2.75, 3.05) is 19.8 Å². The van der Waals surface area contributed by atoms with Crippen LogP contribution in [-0.2, 0) is 14.3 Å². The molecule has 17 heavy (non-hydrogen) atoms. The summed E-state index contributed by atoms with van der Waals surface area (Å²) in [5.41, 5.74) is 0. The molecule has 2 amide bonds. The molecule has 0 N–H and O–H groups in total. The Morgan fingerprint density at radius 2 is 1.88 bits per heavy atom. The molecule has 0 aliphatic heterocycles. The van der Waals surface area contributed by atoms with Gasteiger partial charge in [-0.2, -0.15) is 0 Å². The first kappa shape index (κ1) is 15.8. The van der Waals surface area contributed by atoms with Crippen LogP contribution in [0.2, 0.25) is 0 Å². The van der Waals surface area contributed by atoms with Crippen molar-refractivity contribution in [3.8, 4) is 0 Å². The number of carbonyl (C=O) groups is 2. The van der Waals surface area contributed by atoms with E-state index in [1.54, 1.807) is 0 Å². The molecular weight excluding hydrogens is 218 g/mol. The van der Waals surface area contributed by atoms with Crippen molar-refractivity contribution >= 4 is 11.8 Å². The van der Waals surface area contributed by atoms with Crippen LogP contribution in [0.4, 0.5) is 0 Å². The smallest absolute Gasteiger partial charge is 0.255 e. The summed E-state index contributed by atoms with van der Waals surface area (Å²) in [6.45, 7) is 8.44. The van der Waals surface area contributed by atoms with Gasteiger partial charge in [0.2, 0.25) is 0 Å². The Kier molecular flexibility index (Phi) is 9.34. The third-order valence-electron chi connectivity index (χ3n) is 2.34. The summed E-state index contributed by atoms with van der Waals surface area (Å²) in [7, 11) is 0. The fraction of sp³-hybridized carbons (Fsp3) is 0.692. The van der Waals surface area contributed by atoms with Crippen LogP contribution in [-0.4, -0.2) is 36.5 Å². The van der Waals surface area contributed by atoms with Crippen LogP contribution < -0.4 is 0 Å². The van der Waals surface area contributed by atoms with Crippen molar-refractivity contribution in [1.82, 2.24) is 4.90 Å². The standard InChI is InChI=1S/C13H23NO3/c1-4-7-9-14(12(15)6-3)13(16)11-17-10-8-5-2/h6H,3-5,7-11H2,1-2H3. The molecule has 0 saturated carbocycles. The van der Waals surface area contributed by atoms with Gasteiger partial charge in [0.05, 0.1) is 0 Å². The Morgan fingerprint density at radius 3 is 2.41 bits per heavy atom. The molecule has 0 heterocycles. The number of carbonyl (C=O) groups excluding carboxylic acids is 2. The molecule has 0 aromatic rings. The SMILES string of the molecule is C=CC(=O)N(CCCC)C(=O)COCCCC. The molecule has 0 fully saturated rings. The number of hydrogen-bond donors (Lipinski definition) is 0. The maximum absolute atomic E-state index is 11.7. The van der Waals surface area contributed by atoms with Gasteiger partial charge < -0.3 is 4.74 Å². The summed E-state index contributed by atoms with van der Waals surface area (Å²) in [6, 6.07) is 0. The van der Waals surface area contributed by atoms with Gasteiger partial charge in [-0.25, -0.2) is 0 Å². The van der Waals surface area contributed by atoms with E-state index in [0.717, 1.165) is 25.7 Å². The molecular formula is C13H23NO3. The fourth-order valence-electron chi connectivity index (χ4n) is 1.27. The summed E-state index contributed by atoms with van der Waals surface area (Å²) < 4.78 is 5.21. The second-order valence-corrected chi connectivity index (χ2v) is 3.85.